The highest BCUT2D eigenvalue weighted by molar-refractivity contribution is 5.14. The molecule has 0 amide bonds. The van der Waals surface area contributed by atoms with Crippen molar-refractivity contribution in [1.29, 1.82) is 0 Å². The Balaban J connectivity index is 2.30. The van der Waals surface area contributed by atoms with Crippen molar-refractivity contribution in [3.05, 3.63) is 24.0 Å². The van der Waals surface area contributed by atoms with E-state index in [0.29, 0.717) is 6.54 Å². The third kappa shape index (κ3) is 5.23. The van der Waals surface area contributed by atoms with Crippen LogP contribution < -0.4 is 5.32 Å². The first-order valence-electron chi connectivity index (χ1n) is 5.40. The quantitative estimate of drug-likeness (QED) is 0.784. The zero-order valence-corrected chi connectivity index (χ0v) is 9.92. The van der Waals surface area contributed by atoms with Crippen molar-refractivity contribution in [2.75, 3.05) is 20.3 Å². The Kier molecular flexibility index (Phi) is 5.02. The zero-order chi connectivity index (χ0) is 12.9. The van der Waals surface area contributed by atoms with Crippen LogP contribution in [0.2, 0.25) is 0 Å². The minimum atomic E-state index is -4.25. The van der Waals surface area contributed by atoms with Crippen LogP contribution >= 0.6 is 0 Å². The molecule has 0 aliphatic heterocycles. The van der Waals surface area contributed by atoms with Gasteiger partial charge in [0.2, 0.25) is 0 Å². The summed E-state index contributed by atoms with van der Waals surface area (Å²) >= 11 is 0. The van der Waals surface area contributed by atoms with Gasteiger partial charge < -0.3 is 14.6 Å². The summed E-state index contributed by atoms with van der Waals surface area (Å²) in [4.78, 5) is 0. The van der Waals surface area contributed by atoms with Crippen LogP contribution in [0.4, 0.5) is 13.2 Å². The molecule has 1 aromatic rings. The van der Waals surface area contributed by atoms with Crippen LogP contribution in [0.15, 0.2) is 18.5 Å². The number of nitrogens with one attached hydrogen (secondary N) is 1. The largest absolute Gasteiger partial charge is 0.411 e. The molecule has 0 fully saturated rings. The van der Waals surface area contributed by atoms with Crippen molar-refractivity contribution in [3.63, 3.8) is 0 Å². The second-order valence-electron chi connectivity index (χ2n) is 3.86. The zero-order valence-electron chi connectivity index (χ0n) is 9.92. The number of ether oxygens (including phenoxy) is 1. The lowest BCUT2D eigenvalue weighted by molar-refractivity contribution is -0.174. The molecule has 98 valence electrons. The summed E-state index contributed by atoms with van der Waals surface area (Å²) in [6.45, 7) is 1.31. The Morgan fingerprint density at radius 1 is 1.47 bits per heavy atom. The van der Waals surface area contributed by atoms with Gasteiger partial charge in [-0.3, -0.25) is 0 Å². The van der Waals surface area contributed by atoms with Crippen molar-refractivity contribution < 1.29 is 17.9 Å². The Morgan fingerprint density at radius 2 is 2.18 bits per heavy atom. The summed E-state index contributed by atoms with van der Waals surface area (Å²) in [5.41, 5.74) is 1.10. The number of hydrogen-bond acceptors (Lipinski definition) is 2. The molecular formula is C11H17F3N2O. The van der Waals surface area contributed by atoms with Gasteiger partial charge >= 0.3 is 6.18 Å². The second kappa shape index (κ2) is 6.07. The molecule has 0 aliphatic rings. The van der Waals surface area contributed by atoms with Gasteiger partial charge in [-0.1, -0.05) is 0 Å². The smallest absolute Gasteiger partial charge is 0.370 e. The van der Waals surface area contributed by atoms with Gasteiger partial charge in [0, 0.05) is 25.0 Å². The molecule has 1 N–H and O–H groups in total. The normalized spacial score (nSPS) is 13.9. The fourth-order valence-corrected chi connectivity index (χ4v) is 1.38. The van der Waals surface area contributed by atoms with Crippen LogP contribution in [0.25, 0.3) is 0 Å². The van der Waals surface area contributed by atoms with Gasteiger partial charge in [-0.25, -0.2) is 0 Å². The highest BCUT2D eigenvalue weighted by atomic mass is 19.4. The molecule has 3 nitrogen and oxygen atoms in total. The fourth-order valence-electron chi connectivity index (χ4n) is 1.38. The summed E-state index contributed by atoms with van der Waals surface area (Å²) in [5.74, 6) is 0. The van der Waals surface area contributed by atoms with E-state index in [-0.39, 0.29) is 12.6 Å². The van der Waals surface area contributed by atoms with Crippen molar-refractivity contribution in [3.8, 4) is 0 Å². The van der Waals surface area contributed by atoms with Gasteiger partial charge in [0.15, 0.2) is 0 Å². The highest BCUT2D eigenvalue weighted by Crippen LogP contribution is 2.15. The summed E-state index contributed by atoms with van der Waals surface area (Å²) in [6, 6.07) is 2.16. The van der Waals surface area contributed by atoms with Gasteiger partial charge in [-0.05, 0) is 25.6 Å². The molecule has 1 aromatic heterocycles. The summed E-state index contributed by atoms with van der Waals surface area (Å²) in [6.07, 6.45) is -0.513. The molecule has 1 atom stereocenters. The number of aromatic nitrogens is 1. The van der Waals surface area contributed by atoms with Gasteiger partial charge in [0.05, 0.1) is 6.61 Å². The first-order valence-corrected chi connectivity index (χ1v) is 5.40. The Bertz CT molecular complexity index is 336. The predicted molar refractivity (Wildman–Crippen MR) is 58.8 cm³/mol. The summed E-state index contributed by atoms with van der Waals surface area (Å²) in [5, 5.41) is 3.09. The van der Waals surface area contributed by atoms with Crippen LogP contribution in [0.5, 0.6) is 0 Å². The second-order valence-corrected chi connectivity index (χ2v) is 3.86. The number of alkyl halides is 3. The molecule has 1 rings (SSSR count). The lowest BCUT2D eigenvalue weighted by atomic mass is 10.2. The molecule has 0 aromatic carbocycles. The summed E-state index contributed by atoms with van der Waals surface area (Å²) < 4.78 is 41.7. The molecule has 17 heavy (non-hydrogen) atoms. The number of halogens is 3. The van der Waals surface area contributed by atoms with Crippen molar-refractivity contribution >= 4 is 0 Å². The molecule has 0 saturated heterocycles. The van der Waals surface area contributed by atoms with Crippen molar-refractivity contribution in [2.24, 2.45) is 0 Å². The average molecular weight is 250 g/mol. The molecule has 6 heteroatoms. The molecule has 1 unspecified atom stereocenters. The molecule has 0 spiro atoms. The minimum absolute atomic E-state index is 0.0571. The molecule has 0 aliphatic carbocycles. The maximum atomic E-state index is 11.8. The average Bonchev–Trinajstić information content (AvgIpc) is 2.70. The van der Waals surface area contributed by atoms with E-state index in [2.05, 4.69) is 10.1 Å². The predicted octanol–water partition coefficient (Wildman–Crippen LogP) is 2.35. The van der Waals surface area contributed by atoms with E-state index in [1.165, 1.54) is 0 Å². The van der Waals surface area contributed by atoms with E-state index in [1.807, 2.05) is 37.0 Å². The lowest BCUT2D eigenvalue weighted by Crippen LogP contribution is -2.18. The van der Waals surface area contributed by atoms with Gasteiger partial charge in [-0.2, -0.15) is 13.2 Å². The maximum Gasteiger partial charge on any atom is 0.411 e. The van der Waals surface area contributed by atoms with E-state index in [9.17, 15) is 13.2 Å². The van der Waals surface area contributed by atoms with Crippen molar-refractivity contribution in [1.82, 2.24) is 9.88 Å². The van der Waals surface area contributed by atoms with E-state index in [0.717, 1.165) is 5.56 Å². The SMILES string of the molecule is CNC(C)c1ccn(CCOCC(F)(F)F)c1. The maximum absolute atomic E-state index is 11.8. The van der Waals surface area contributed by atoms with Crippen LogP contribution in [0, 0.1) is 0 Å². The van der Waals surface area contributed by atoms with E-state index in [1.54, 1.807) is 0 Å². The van der Waals surface area contributed by atoms with E-state index < -0.39 is 12.8 Å². The summed E-state index contributed by atoms with van der Waals surface area (Å²) in [7, 11) is 1.86. The Morgan fingerprint density at radius 3 is 2.76 bits per heavy atom. The first kappa shape index (κ1) is 14.1. The van der Waals surface area contributed by atoms with Crippen LogP contribution in [0.3, 0.4) is 0 Å². The third-order valence-corrected chi connectivity index (χ3v) is 2.47. The standard InChI is InChI=1S/C11H17F3N2O/c1-9(15-2)10-3-4-16(7-10)5-6-17-8-11(12,13)14/h3-4,7,9,15H,5-6,8H2,1-2H3. The van der Waals surface area contributed by atoms with Crippen LogP contribution in [-0.4, -0.2) is 31.0 Å². The van der Waals surface area contributed by atoms with Crippen LogP contribution in [0.1, 0.15) is 18.5 Å². The molecule has 0 radical (unpaired) electrons. The number of hydrogen-bond donors (Lipinski definition) is 1. The van der Waals surface area contributed by atoms with Crippen molar-refractivity contribution in [2.45, 2.75) is 25.7 Å². The minimum Gasteiger partial charge on any atom is -0.370 e. The molecule has 1 heterocycles. The lowest BCUT2D eigenvalue weighted by Gasteiger charge is -2.09. The molecular weight excluding hydrogens is 233 g/mol. The number of nitrogens with zero attached hydrogens (tertiary/aromatic N) is 1. The topological polar surface area (TPSA) is 26.2 Å². The van der Waals surface area contributed by atoms with E-state index in [4.69, 9.17) is 0 Å². The molecule has 0 bridgehead atoms. The monoisotopic (exact) mass is 250 g/mol. The van der Waals surface area contributed by atoms with Gasteiger partial charge in [0.1, 0.15) is 6.61 Å². The third-order valence-electron chi connectivity index (χ3n) is 2.47. The molecule has 0 saturated carbocycles. The van der Waals surface area contributed by atoms with Gasteiger partial charge in [0.25, 0.3) is 0 Å². The van der Waals surface area contributed by atoms with Gasteiger partial charge in [-0.15, -0.1) is 0 Å². The highest BCUT2D eigenvalue weighted by Gasteiger charge is 2.27. The Labute approximate surface area is 98.6 Å². The Hall–Kier alpha value is -1.01. The number of rotatable bonds is 6. The first-order chi connectivity index (χ1) is 7.92. The van der Waals surface area contributed by atoms with Crippen LogP contribution in [-0.2, 0) is 11.3 Å². The van der Waals surface area contributed by atoms with E-state index >= 15 is 0 Å². The fraction of sp³-hybridized carbons (Fsp3) is 0.636.